The first-order valence-electron chi connectivity index (χ1n) is 9.40. The number of aliphatic carboxylic acids is 1. The molecule has 1 rings (SSSR count). The van der Waals surface area contributed by atoms with Gasteiger partial charge >= 0.3 is 5.97 Å². The molecule has 1 saturated heterocycles. The fraction of sp³-hybridized carbons (Fsp3) is 0.706. The van der Waals surface area contributed by atoms with Crippen molar-refractivity contribution in [3.8, 4) is 0 Å². The van der Waals surface area contributed by atoms with Crippen LogP contribution < -0.4 is 22.1 Å². The second-order valence-corrected chi connectivity index (χ2v) is 7.88. The summed E-state index contributed by atoms with van der Waals surface area (Å²) in [5, 5.41) is 22.7. The first-order valence-corrected chi connectivity index (χ1v) is 10.8. The molecule has 0 radical (unpaired) electrons. The minimum absolute atomic E-state index is 0.178. The van der Waals surface area contributed by atoms with Crippen molar-refractivity contribution < 1.29 is 34.2 Å². The highest BCUT2D eigenvalue weighted by Crippen LogP contribution is 2.19. The lowest BCUT2D eigenvalue weighted by Crippen LogP contribution is -2.57. The number of aliphatic hydroxyl groups is 1. The standard InChI is InChI=1S/C17H29N5O7S/c1-30-6-4-9(18)14(25)20-10(7-13(19)24)16(27)22-5-2-3-12(22)15(26)21-11(8-23)17(28)29/h9-12,23H,2-8,18H2,1H3,(H2,19,24)(H,20,25)(H,21,26)(H,28,29). The highest BCUT2D eigenvalue weighted by atomic mass is 32.2. The number of hydrogen-bond acceptors (Lipinski definition) is 8. The normalized spacial score (nSPS) is 18.9. The quantitative estimate of drug-likeness (QED) is 0.180. The molecule has 4 unspecified atom stereocenters. The van der Waals surface area contributed by atoms with Crippen molar-refractivity contribution in [1.29, 1.82) is 0 Å². The van der Waals surface area contributed by atoms with E-state index in [0.717, 1.165) is 0 Å². The minimum atomic E-state index is -1.51. The van der Waals surface area contributed by atoms with Crippen molar-refractivity contribution in [2.24, 2.45) is 11.5 Å². The van der Waals surface area contributed by atoms with Crippen molar-refractivity contribution >= 4 is 41.4 Å². The molecule has 0 aromatic rings. The highest BCUT2D eigenvalue weighted by molar-refractivity contribution is 7.98. The lowest BCUT2D eigenvalue weighted by atomic mass is 10.1. The average Bonchev–Trinajstić information content (AvgIpc) is 3.18. The van der Waals surface area contributed by atoms with Crippen LogP contribution in [0.1, 0.15) is 25.7 Å². The van der Waals surface area contributed by atoms with Crippen LogP contribution in [-0.2, 0) is 24.0 Å². The molecular formula is C17H29N5O7S. The number of rotatable bonds is 12. The molecule has 4 amide bonds. The number of nitrogens with one attached hydrogen (secondary N) is 2. The first-order chi connectivity index (χ1) is 14.1. The van der Waals surface area contributed by atoms with E-state index in [1.54, 1.807) is 0 Å². The summed E-state index contributed by atoms with van der Waals surface area (Å²) in [6.07, 6.45) is 2.48. The summed E-state index contributed by atoms with van der Waals surface area (Å²) in [5.74, 6) is -3.66. The lowest BCUT2D eigenvalue weighted by molar-refractivity contribution is -0.146. The van der Waals surface area contributed by atoms with Crippen LogP contribution in [0.2, 0.25) is 0 Å². The van der Waals surface area contributed by atoms with Gasteiger partial charge in [-0.15, -0.1) is 0 Å². The van der Waals surface area contributed by atoms with Crippen LogP contribution in [0.15, 0.2) is 0 Å². The third-order valence-electron chi connectivity index (χ3n) is 4.63. The van der Waals surface area contributed by atoms with E-state index in [1.807, 2.05) is 6.26 Å². The number of likely N-dealkylation sites (tertiary alicyclic amines) is 1. The number of nitrogens with zero attached hydrogens (tertiary/aromatic N) is 1. The van der Waals surface area contributed by atoms with Crippen molar-refractivity contribution in [2.45, 2.75) is 49.9 Å². The fourth-order valence-electron chi connectivity index (χ4n) is 3.01. The van der Waals surface area contributed by atoms with Gasteiger partial charge in [0.1, 0.15) is 18.1 Å². The molecule has 0 aromatic heterocycles. The molecule has 1 aliphatic rings. The minimum Gasteiger partial charge on any atom is -0.480 e. The van der Waals surface area contributed by atoms with Gasteiger partial charge in [0.25, 0.3) is 0 Å². The number of amides is 4. The number of nitrogens with two attached hydrogens (primary N) is 2. The number of primary amides is 1. The molecule has 170 valence electrons. The molecule has 1 fully saturated rings. The molecule has 0 aromatic carbocycles. The van der Waals surface area contributed by atoms with Crippen LogP contribution in [0.5, 0.6) is 0 Å². The summed E-state index contributed by atoms with van der Waals surface area (Å²) >= 11 is 1.50. The third kappa shape index (κ3) is 7.46. The van der Waals surface area contributed by atoms with E-state index in [-0.39, 0.29) is 13.0 Å². The number of carbonyl (C=O) groups excluding carboxylic acids is 4. The van der Waals surface area contributed by atoms with E-state index in [0.29, 0.717) is 18.6 Å². The third-order valence-corrected chi connectivity index (χ3v) is 5.27. The molecule has 8 N–H and O–H groups in total. The van der Waals surface area contributed by atoms with Gasteiger partial charge in [0.15, 0.2) is 0 Å². The number of thioether (sulfide) groups is 1. The van der Waals surface area contributed by atoms with Crippen molar-refractivity contribution in [1.82, 2.24) is 15.5 Å². The van der Waals surface area contributed by atoms with Crippen LogP contribution in [0, 0.1) is 0 Å². The second-order valence-electron chi connectivity index (χ2n) is 6.89. The fourth-order valence-corrected chi connectivity index (χ4v) is 3.50. The number of aliphatic hydroxyl groups excluding tert-OH is 1. The Morgan fingerprint density at radius 3 is 2.40 bits per heavy atom. The van der Waals surface area contributed by atoms with Crippen molar-refractivity contribution in [2.75, 3.05) is 25.2 Å². The van der Waals surface area contributed by atoms with Crippen LogP contribution in [0.3, 0.4) is 0 Å². The Bertz CT molecular complexity index is 662. The number of hydrogen-bond donors (Lipinski definition) is 6. The van der Waals surface area contributed by atoms with E-state index in [1.165, 1.54) is 16.7 Å². The average molecular weight is 448 g/mol. The molecule has 0 aliphatic carbocycles. The van der Waals surface area contributed by atoms with Crippen LogP contribution in [-0.4, -0.2) is 94.0 Å². The Balaban J connectivity index is 2.90. The predicted octanol–water partition coefficient (Wildman–Crippen LogP) is -3.02. The number of carboxylic acids is 1. The summed E-state index contributed by atoms with van der Waals surface area (Å²) < 4.78 is 0. The maximum atomic E-state index is 13.0. The van der Waals surface area contributed by atoms with Gasteiger partial charge in [0, 0.05) is 6.54 Å². The molecule has 30 heavy (non-hydrogen) atoms. The zero-order valence-corrected chi connectivity index (χ0v) is 17.5. The van der Waals surface area contributed by atoms with Crippen LogP contribution in [0.25, 0.3) is 0 Å². The van der Waals surface area contributed by atoms with Gasteiger partial charge in [-0.25, -0.2) is 4.79 Å². The molecule has 0 saturated carbocycles. The van der Waals surface area contributed by atoms with E-state index >= 15 is 0 Å². The molecule has 0 bridgehead atoms. The molecule has 4 atom stereocenters. The topological polar surface area (TPSA) is 205 Å². The van der Waals surface area contributed by atoms with E-state index in [2.05, 4.69) is 10.6 Å². The van der Waals surface area contributed by atoms with Crippen molar-refractivity contribution in [3.63, 3.8) is 0 Å². The van der Waals surface area contributed by atoms with E-state index in [4.69, 9.17) is 21.7 Å². The summed E-state index contributed by atoms with van der Waals surface area (Å²) in [5.41, 5.74) is 11.0. The van der Waals surface area contributed by atoms with Crippen molar-refractivity contribution in [3.05, 3.63) is 0 Å². The van der Waals surface area contributed by atoms with Gasteiger partial charge < -0.3 is 37.2 Å². The Labute approximate surface area is 178 Å². The van der Waals surface area contributed by atoms with Gasteiger partial charge in [-0.2, -0.15) is 11.8 Å². The molecule has 12 nitrogen and oxygen atoms in total. The zero-order valence-electron chi connectivity index (χ0n) is 16.7. The monoisotopic (exact) mass is 447 g/mol. The summed E-state index contributed by atoms with van der Waals surface area (Å²) in [7, 11) is 0. The Hall–Kier alpha value is -2.38. The Morgan fingerprint density at radius 1 is 1.20 bits per heavy atom. The molecule has 1 aliphatic heterocycles. The molecule has 13 heteroatoms. The first kappa shape index (κ1) is 25.7. The van der Waals surface area contributed by atoms with Gasteiger partial charge in [0.2, 0.25) is 23.6 Å². The maximum absolute atomic E-state index is 13.0. The van der Waals surface area contributed by atoms with Crippen LogP contribution >= 0.6 is 11.8 Å². The second kappa shape index (κ2) is 12.3. The largest absolute Gasteiger partial charge is 0.480 e. The predicted molar refractivity (Wildman–Crippen MR) is 108 cm³/mol. The van der Waals surface area contributed by atoms with E-state index in [9.17, 15) is 24.0 Å². The number of carbonyl (C=O) groups is 5. The molecule has 1 heterocycles. The summed E-state index contributed by atoms with van der Waals surface area (Å²) in [6.45, 7) is -0.631. The van der Waals surface area contributed by atoms with Crippen LogP contribution in [0.4, 0.5) is 0 Å². The molecular weight excluding hydrogens is 418 g/mol. The summed E-state index contributed by atoms with van der Waals surface area (Å²) in [4.78, 5) is 61.3. The lowest BCUT2D eigenvalue weighted by Gasteiger charge is -2.29. The zero-order chi connectivity index (χ0) is 22.8. The van der Waals surface area contributed by atoms with Gasteiger partial charge in [-0.3, -0.25) is 19.2 Å². The SMILES string of the molecule is CSCCC(N)C(=O)NC(CC(N)=O)C(=O)N1CCCC1C(=O)NC(CO)C(=O)O. The smallest absolute Gasteiger partial charge is 0.328 e. The van der Waals surface area contributed by atoms with Gasteiger partial charge in [-0.1, -0.05) is 0 Å². The highest BCUT2D eigenvalue weighted by Gasteiger charge is 2.39. The number of carboxylic acid groups (broad SMARTS) is 1. The van der Waals surface area contributed by atoms with E-state index < -0.39 is 66.8 Å². The Kier molecular flexibility index (Phi) is 10.6. The maximum Gasteiger partial charge on any atom is 0.328 e. The summed E-state index contributed by atoms with van der Waals surface area (Å²) in [6, 6.07) is -4.68. The van der Waals surface area contributed by atoms with Gasteiger partial charge in [0.05, 0.1) is 19.1 Å². The van der Waals surface area contributed by atoms with Gasteiger partial charge in [-0.05, 0) is 31.3 Å². The Morgan fingerprint density at radius 2 is 1.87 bits per heavy atom. The molecule has 0 spiro atoms.